The maximum Gasteiger partial charge on any atom is 0.223 e. The van der Waals surface area contributed by atoms with Crippen molar-refractivity contribution in [1.29, 1.82) is 0 Å². The predicted molar refractivity (Wildman–Crippen MR) is 69.8 cm³/mol. The number of aromatic nitrogens is 2. The van der Waals surface area contributed by atoms with Gasteiger partial charge >= 0.3 is 0 Å². The Bertz CT molecular complexity index is 426. The molecule has 1 aliphatic rings. The smallest absolute Gasteiger partial charge is 0.223 e. The lowest BCUT2D eigenvalue weighted by atomic mass is 9.98. The van der Waals surface area contributed by atoms with Crippen molar-refractivity contribution in [3.05, 3.63) is 18.0 Å². The number of carbonyl (C=O) groups is 1. The monoisotopic (exact) mass is 250 g/mol. The highest BCUT2D eigenvalue weighted by Crippen LogP contribution is 2.31. The van der Waals surface area contributed by atoms with E-state index in [-0.39, 0.29) is 24.0 Å². The highest BCUT2D eigenvalue weighted by Gasteiger charge is 2.34. The van der Waals surface area contributed by atoms with Crippen molar-refractivity contribution >= 4 is 5.91 Å². The molecule has 2 rings (SSSR count). The molecule has 100 valence electrons. The van der Waals surface area contributed by atoms with Crippen molar-refractivity contribution in [3.8, 4) is 0 Å². The van der Waals surface area contributed by atoms with Gasteiger partial charge in [0.05, 0.1) is 12.2 Å². The summed E-state index contributed by atoms with van der Waals surface area (Å²) in [6.07, 6.45) is 6.13. The van der Waals surface area contributed by atoms with E-state index in [4.69, 9.17) is 5.73 Å². The van der Waals surface area contributed by atoms with Crippen molar-refractivity contribution in [2.45, 2.75) is 51.2 Å². The molecule has 18 heavy (non-hydrogen) atoms. The van der Waals surface area contributed by atoms with Gasteiger partial charge in [0.15, 0.2) is 0 Å². The number of carbonyl (C=O) groups excluding carboxylic acids is 1. The third-order valence-corrected chi connectivity index (χ3v) is 3.54. The Morgan fingerprint density at radius 1 is 1.50 bits per heavy atom. The van der Waals surface area contributed by atoms with Gasteiger partial charge in [-0.15, -0.1) is 0 Å². The quantitative estimate of drug-likeness (QED) is 0.858. The van der Waals surface area contributed by atoms with Crippen LogP contribution in [0.15, 0.2) is 12.4 Å². The van der Waals surface area contributed by atoms with Crippen LogP contribution in [0.2, 0.25) is 0 Å². The molecule has 0 aliphatic carbocycles. The van der Waals surface area contributed by atoms with Gasteiger partial charge in [-0.1, -0.05) is 0 Å². The van der Waals surface area contributed by atoms with E-state index >= 15 is 0 Å². The van der Waals surface area contributed by atoms with Crippen molar-refractivity contribution < 1.29 is 4.79 Å². The second-order valence-corrected chi connectivity index (χ2v) is 5.34. The Morgan fingerprint density at radius 3 is 2.78 bits per heavy atom. The second-order valence-electron chi connectivity index (χ2n) is 5.34. The van der Waals surface area contributed by atoms with Crippen molar-refractivity contribution in [2.75, 3.05) is 0 Å². The lowest BCUT2D eigenvalue weighted by molar-refractivity contribution is -0.135. The minimum atomic E-state index is -0.0475. The number of hydrogen-bond acceptors (Lipinski definition) is 3. The number of nitrogens with zero attached hydrogens (tertiary/aromatic N) is 3. The third-order valence-electron chi connectivity index (χ3n) is 3.54. The fraction of sp³-hybridized carbons (Fsp3) is 0.692. The molecule has 0 spiro atoms. The van der Waals surface area contributed by atoms with E-state index in [9.17, 15) is 4.79 Å². The lowest BCUT2D eigenvalue weighted by Crippen LogP contribution is -2.45. The van der Waals surface area contributed by atoms with Gasteiger partial charge in [-0.3, -0.25) is 9.48 Å². The first-order chi connectivity index (χ1) is 8.50. The summed E-state index contributed by atoms with van der Waals surface area (Å²) in [5, 5.41) is 4.20. The van der Waals surface area contributed by atoms with Gasteiger partial charge < -0.3 is 10.6 Å². The molecule has 5 nitrogen and oxygen atoms in total. The van der Waals surface area contributed by atoms with E-state index < -0.39 is 0 Å². The zero-order chi connectivity index (χ0) is 13.3. The van der Waals surface area contributed by atoms with E-state index in [1.165, 1.54) is 0 Å². The van der Waals surface area contributed by atoms with Crippen molar-refractivity contribution in [3.63, 3.8) is 0 Å². The first kappa shape index (κ1) is 13.1. The Kier molecular flexibility index (Phi) is 3.71. The van der Waals surface area contributed by atoms with E-state index in [0.717, 1.165) is 18.4 Å². The summed E-state index contributed by atoms with van der Waals surface area (Å²) in [7, 11) is 1.88. The molecule has 2 atom stereocenters. The predicted octanol–water partition coefficient (Wildman–Crippen LogP) is 1.21. The number of amides is 1. The molecule has 0 aromatic carbocycles. The van der Waals surface area contributed by atoms with Gasteiger partial charge in [0.25, 0.3) is 0 Å². The highest BCUT2D eigenvalue weighted by molar-refractivity contribution is 5.77. The molecular formula is C13H22N4O. The molecule has 2 unspecified atom stereocenters. The average Bonchev–Trinajstić information content (AvgIpc) is 2.64. The number of aryl methyl sites for hydroxylation is 1. The van der Waals surface area contributed by atoms with Gasteiger partial charge in [0.2, 0.25) is 5.91 Å². The van der Waals surface area contributed by atoms with Crippen LogP contribution >= 0.6 is 0 Å². The topological polar surface area (TPSA) is 64.2 Å². The molecule has 2 N–H and O–H groups in total. The van der Waals surface area contributed by atoms with Crippen LogP contribution in [0.4, 0.5) is 0 Å². The Labute approximate surface area is 108 Å². The van der Waals surface area contributed by atoms with Crippen LogP contribution < -0.4 is 5.73 Å². The van der Waals surface area contributed by atoms with Crippen LogP contribution in [0.1, 0.15) is 44.7 Å². The maximum absolute atomic E-state index is 12.2. The highest BCUT2D eigenvalue weighted by atomic mass is 16.2. The summed E-state index contributed by atoms with van der Waals surface area (Å²) in [5.41, 5.74) is 7.32. The molecule has 1 fully saturated rings. The third kappa shape index (κ3) is 2.41. The average molecular weight is 250 g/mol. The molecule has 0 saturated carbocycles. The summed E-state index contributed by atoms with van der Waals surface area (Å²) in [6.45, 7) is 4.08. The van der Waals surface area contributed by atoms with E-state index in [2.05, 4.69) is 5.10 Å². The Balaban J connectivity index is 2.38. The molecule has 1 amide bonds. The van der Waals surface area contributed by atoms with E-state index in [1.807, 2.05) is 38.2 Å². The standard InChI is InChI=1S/C13H22N4O/c1-9(2)17-12(18)6-4-5-11(14)13(17)10-7-15-16(3)8-10/h7-9,11,13H,4-6,14H2,1-3H3. The SMILES string of the molecule is CC(C)N1C(=O)CCCC(N)C1c1cnn(C)c1. The summed E-state index contributed by atoms with van der Waals surface area (Å²) >= 11 is 0. The minimum absolute atomic E-state index is 0.0111. The Hall–Kier alpha value is -1.36. The zero-order valence-corrected chi connectivity index (χ0v) is 11.3. The molecule has 5 heteroatoms. The molecule has 0 bridgehead atoms. The minimum Gasteiger partial charge on any atom is -0.332 e. The van der Waals surface area contributed by atoms with Crippen LogP contribution in [0.3, 0.4) is 0 Å². The summed E-state index contributed by atoms with van der Waals surface area (Å²) < 4.78 is 1.76. The largest absolute Gasteiger partial charge is 0.332 e. The number of likely N-dealkylation sites (tertiary alicyclic amines) is 1. The summed E-state index contributed by atoms with van der Waals surface area (Å²) in [4.78, 5) is 14.2. The van der Waals surface area contributed by atoms with Crippen LogP contribution in [0.25, 0.3) is 0 Å². The molecule has 1 aliphatic heterocycles. The fourth-order valence-corrected chi connectivity index (χ4v) is 2.75. The number of nitrogens with two attached hydrogens (primary N) is 1. The zero-order valence-electron chi connectivity index (χ0n) is 11.3. The number of rotatable bonds is 2. The normalized spacial score (nSPS) is 25.6. The van der Waals surface area contributed by atoms with Gasteiger partial charge in [-0.25, -0.2) is 0 Å². The summed E-state index contributed by atoms with van der Waals surface area (Å²) in [6, 6.07) is 0.101. The van der Waals surface area contributed by atoms with Gasteiger partial charge in [-0.2, -0.15) is 5.10 Å². The van der Waals surface area contributed by atoms with Crippen LogP contribution in [0, 0.1) is 0 Å². The molecule has 1 saturated heterocycles. The lowest BCUT2D eigenvalue weighted by Gasteiger charge is -2.36. The first-order valence-corrected chi connectivity index (χ1v) is 6.56. The van der Waals surface area contributed by atoms with E-state index in [0.29, 0.717) is 6.42 Å². The molecule has 2 heterocycles. The Morgan fingerprint density at radius 2 is 2.22 bits per heavy atom. The maximum atomic E-state index is 12.2. The van der Waals surface area contributed by atoms with Gasteiger partial charge in [0.1, 0.15) is 0 Å². The van der Waals surface area contributed by atoms with Crippen LogP contribution in [0.5, 0.6) is 0 Å². The van der Waals surface area contributed by atoms with Gasteiger partial charge in [0, 0.05) is 37.3 Å². The van der Waals surface area contributed by atoms with Crippen LogP contribution in [-0.2, 0) is 11.8 Å². The number of hydrogen-bond donors (Lipinski definition) is 1. The molecular weight excluding hydrogens is 228 g/mol. The summed E-state index contributed by atoms with van der Waals surface area (Å²) in [5.74, 6) is 0.201. The fourth-order valence-electron chi connectivity index (χ4n) is 2.75. The molecule has 1 aromatic heterocycles. The van der Waals surface area contributed by atoms with Gasteiger partial charge in [-0.05, 0) is 26.7 Å². The van der Waals surface area contributed by atoms with E-state index in [1.54, 1.807) is 4.68 Å². The van der Waals surface area contributed by atoms with Crippen molar-refractivity contribution in [1.82, 2.24) is 14.7 Å². The molecule has 0 radical (unpaired) electrons. The van der Waals surface area contributed by atoms with Crippen molar-refractivity contribution in [2.24, 2.45) is 12.8 Å². The second kappa shape index (κ2) is 5.10. The van der Waals surface area contributed by atoms with Crippen LogP contribution in [-0.4, -0.2) is 32.7 Å². The first-order valence-electron chi connectivity index (χ1n) is 6.56. The molecule has 1 aromatic rings.